The third-order valence-corrected chi connectivity index (χ3v) is 3.08. The fraction of sp³-hybridized carbons (Fsp3) is 0.625. The largest absolute Gasteiger partial charge is 0.499 e. The van der Waals surface area contributed by atoms with E-state index < -0.39 is 9.84 Å². The lowest BCUT2D eigenvalue weighted by Gasteiger charge is -2.00. The Balaban J connectivity index is 4.70. The van der Waals surface area contributed by atoms with Gasteiger partial charge in [0.2, 0.25) is 0 Å². The van der Waals surface area contributed by atoms with Crippen molar-refractivity contribution >= 4 is 9.84 Å². The Morgan fingerprint density at radius 3 is 2.54 bits per heavy atom. The van der Waals surface area contributed by atoms with E-state index in [2.05, 4.69) is 0 Å². The third kappa shape index (κ3) is 3.95. The molecule has 0 saturated carbocycles. The van der Waals surface area contributed by atoms with Gasteiger partial charge in [-0.3, -0.25) is 0 Å². The first-order valence-electron chi connectivity index (χ1n) is 4.03. The lowest BCUT2D eigenvalue weighted by Crippen LogP contribution is -2.07. The molecule has 0 aromatic carbocycles. The average Bonchev–Trinajstić information content (AvgIpc) is 2.05. The molecule has 0 aliphatic rings. The molecule has 0 unspecified atom stereocenters. The van der Waals surface area contributed by atoms with Crippen molar-refractivity contribution in [2.24, 2.45) is 0 Å². The van der Waals surface area contributed by atoms with Crippen LogP contribution in [0.1, 0.15) is 20.3 Å². The molecule has 0 saturated heterocycles. The molecule has 0 rings (SSSR count). The summed E-state index contributed by atoms with van der Waals surface area (Å²) in [5, 5.41) is 8.54. The highest BCUT2D eigenvalue weighted by molar-refractivity contribution is 7.95. The standard InChI is InChI=1S/C8H13NO3S/c1-3-5-13(10,11)8(6-9)7-12-4-2/h7H,3-5H2,1-2H3/b8-7+. The number of ether oxygens (including phenoxy) is 1. The van der Waals surface area contributed by atoms with Gasteiger partial charge in [0.25, 0.3) is 0 Å². The Hall–Kier alpha value is -1.02. The van der Waals surface area contributed by atoms with Gasteiger partial charge in [0.1, 0.15) is 12.3 Å². The number of nitrogens with zero attached hydrogens (tertiary/aromatic N) is 1. The molecule has 0 heterocycles. The number of rotatable bonds is 5. The van der Waals surface area contributed by atoms with Crippen LogP contribution in [0.25, 0.3) is 0 Å². The first-order chi connectivity index (χ1) is 6.08. The molecule has 74 valence electrons. The molecule has 0 fully saturated rings. The molecule has 0 aromatic rings. The topological polar surface area (TPSA) is 67.2 Å². The minimum absolute atomic E-state index is 0.0144. The predicted octanol–water partition coefficient (Wildman–Crippen LogP) is 1.21. The van der Waals surface area contributed by atoms with Gasteiger partial charge in [-0.25, -0.2) is 8.42 Å². The van der Waals surface area contributed by atoms with Gasteiger partial charge < -0.3 is 4.74 Å². The predicted molar refractivity (Wildman–Crippen MR) is 49.4 cm³/mol. The van der Waals surface area contributed by atoms with Crippen LogP contribution >= 0.6 is 0 Å². The van der Waals surface area contributed by atoms with Crippen molar-refractivity contribution in [1.29, 1.82) is 5.26 Å². The molecule has 4 nitrogen and oxygen atoms in total. The minimum atomic E-state index is -3.42. The molecule has 0 atom stereocenters. The van der Waals surface area contributed by atoms with Crippen molar-refractivity contribution in [1.82, 2.24) is 0 Å². The Kier molecular flexibility index (Phi) is 5.16. The van der Waals surface area contributed by atoms with E-state index in [1.807, 2.05) is 0 Å². The number of hydrogen-bond donors (Lipinski definition) is 0. The summed E-state index contributed by atoms with van der Waals surface area (Å²) in [6.07, 6.45) is 1.50. The highest BCUT2D eigenvalue weighted by atomic mass is 32.2. The maximum atomic E-state index is 11.3. The lowest BCUT2D eigenvalue weighted by atomic mass is 10.6. The summed E-state index contributed by atoms with van der Waals surface area (Å²) < 4.78 is 27.3. The van der Waals surface area contributed by atoms with Gasteiger partial charge in [0.15, 0.2) is 14.7 Å². The van der Waals surface area contributed by atoms with Crippen LogP contribution in [0.15, 0.2) is 11.2 Å². The second kappa shape index (κ2) is 5.60. The second-order valence-corrected chi connectivity index (χ2v) is 4.45. The van der Waals surface area contributed by atoms with Crippen LogP contribution in [0.4, 0.5) is 0 Å². The van der Waals surface area contributed by atoms with Crippen LogP contribution < -0.4 is 0 Å². The van der Waals surface area contributed by atoms with E-state index in [0.717, 1.165) is 6.26 Å². The van der Waals surface area contributed by atoms with Gasteiger partial charge in [0, 0.05) is 0 Å². The molecule has 0 aromatic heterocycles. The van der Waals surface area contributed by atoms with Gasteiger partial charge in [-0.15, -0.1) is 0 Å². The van der Waals surface area contributed by atoms with Crippen LogP contribution in [0, 0.1) is 11.3 Å². The zero-order chi connectivity index (χ0) is 10.3. The van der Waals surface area contributed by atoms with Crippen molar-refractivity contribution in [3.8, 4) is 6.07 Å². The Morgan fingerprint density at radius 2 is 2.15 bits per heavy atom. The molecule has 0 radical (unpaired) electrons. The van der Waals surface area contributed by atoms with Gasteiger partial charge in [-0.05, 0) is 13.3 Å². The van der Waals surface area contributed by atoms with E-state index >= 15 is 0 Å². The van der Waals surface area contributed by atoms with E-state index in [1.165, 1.54) is 0 Å². The molecule has 0 amide bonds. The van der Waals surface area contributed by atoms with Gasteiger partial charge in [-0.1, -0.05) is 6.92 Å². The van der Waals surface area contributed by atoms with Crippen LogP contribution in [-0.4, -0.2) is 20.8 Å². The van der Waals surface area contributed by atoms with Gasteiger partial charge in [-0.2, -0.15) is 5.26 Å². The zero-order valence-corrected chi connectivity index (χ0v) is 8.60. The molecule has 0 aliphatic heterocycles. The zero-order valence-electron chi connectivity index (χ0n) is 7.78. The van der Waals surface area contributed by atoms with E-state index in [0.29, 0.717) is 13.0 Å². The van der Waals surface area contributed by atoms with E-state index in [9.17, 15) is 8.42 Å². The maximum absolute atomic E-state index is 11.3. The molecule has 5 heteroatoms. The summed E-state index contributed by atoms with van der Waals surface area (Å²) in [7, 11) is -3.42. The fourth-order valence-electron chi connectivity index (χ4n) is 0.707. The SMILES string of the molecule is CCCS(=O)(=O)/C(C#N)=C/OCC. The molecule has 0 bridgehead atoms. The van der Waals surface area contributed by atoms with Crippen molar-refractivity contribution in [3.63, 3.8) is 0 Å². The Morgan fingerprint density at radius 1 is 1.54 bits per heavy atom. The van der Waals surface area contributed by atoms with Crippen molar-refractivity contribution in [2.75, 3.05) is 12.4 Å². The van der Waals surface area contributed by atoms with Gasteiger partial charge in [0.05, 0.1) is 12.4 Å². The normalized spacial score (nSPS) is 12.2. The van der Waals surface area contributed by atoms with Gasteiger partial charge >= 0.3 is 0 Å². The Labute approximate surface area is 78.7 Å². The first-order valence-corrected chi connectivity index (χ1v) is 5.68. The number of hydrogen-bond acceptors (Lipinski definition) is 4. The maximum Gasteiger partial charge on any atom is 0.191 e. The molecular formula is C8H13NO3S. The van der Waals surface area contributed by atoms with Crippen molar-refractivity contribution in [3.05, 3.63) is 11.2 Å². The highest BCUT2D eigenvalue weighted by Gasteiger charge is 2.16. The number of nitriles is 1. The molecule has 0 aliphatic carbocycles. The summed E-state index contributed by atoms with van der Waals surface area (Å²) in [5.74, 6) is -0.0144. The fourth-order valence-corrected chi connectivity index (χ4v) is 1.82. The lowest BCUT2D eigenvalue weighted by molar-refractivity contribution is 0.268. The smallest absolute Gasteiger partial charge is 0.191 e. The number of sulfone groups is 1. The molecule has 0 N–H and O–H groups in total. The summed E-state index contributed by atoms with van der Waals surface area (Å²) in [6, 6.07) is 1.61. The Bertz CT molecular complexity index is 311. The second-order valence-electron chi connectivity index (χ2n) is 2.37. The highest BCUT2D eigenvalue weighted by Crippen LogP contribution is 2.07. The first kappa shape index (κ1) is 12.0. The van der Waals surface area contributed by atoms with Crippen molar-refractivity contribution in [2.45, 2.75) is 20.3 Å². The number of allylic oxidation sites excluding steroid dienone is 1. The third-order valence-electron chi connectivity index (χ3n) is 1.28. The van der Waals surface area contributed by atoms with Crippen LogP contribution in [0.3, 0.4) is 0 Å². The quantitative estimate of drug-likeness (QED) is 0.497. The van der Waals surface area contributed by atoms with Crippen LogP contribution in [0.5, 0.6) is 0 Å². The monoisotopic (exact) mass is 203 g/mol. The molecular weight excluding hydrogens is 190 g/mol. The van der Waals surface area contributed by atoms with E-state index in [-0.39, 0.29) is 10.7 Å². The van der Waals surface area contributed by atoms with E-state index in [4.69, 9.17) is 10.00 Å². The summed E-state index contributed by atoms with van der Waals surface area (Å²) in [6.45, 7) is 3.82. The molecule has 0 spiro atoms. The minimum Gasteiger partial charge on any atom is -0.499 e. The van der Waals surface area contributed by atoms with Crippen molar-refractivity contribution < 1.29 is 13.2 Å². The van der Waals surface area contributed by atoms with E-state index in [1.54, 1.807) is 19.9 Å². The van der Waals surface area contributed by atoms with Crippen LogP contribution in [0.2, 0.25) is 0 Å². The van der Waals surface area contributed by atoms with Crippen LogP contribution in [-0.2, 0) is 14.6 Å². The average molecular weight is 203 g/mol. The molecule has 13 heavy (non-hydrogen) atoms. The summed E-state index contributed by atoms with van der Waals surface area (Å²) in [4.78, 5) is -0.295. The summed E-state index contributed by atoms with van der Waals surface area (Å²) >= 11 is 0. The summed E-state index contributed by atoms with van der Waals surface area (Å²) in [5.41, 5.74) is 0.